The molecule has 0 aromatic heterocycles. The SMILES string of the molecule is C#CCNC(=O)OI.c1ccccc1. The molecule has 4 heteroatoms. The van der Waals surface area contributed by atoms with Crippen molar-refractivity contribution in [1.29, 1.82) is 0 Å². The summed E-state index contributed by atoms with van der Waals surface area (Å²) in [6.45, 7) is 0.210. The van der Waals surface area contributed by atoms with Crippen LogP contribution in [-0.4, -0.2) is 12.6 Å². The van der Waals surface area contributed by atoms with Crippen molar-refractivity contribution in [2.45, 2.75) is 0 Å². The van der Waals surface area contributed by atoms with E-state index in [9.17, 15) is 4.79 Å². The van der Waals surface area contributed by atoms with Crippen LogP contribution < -0.4 is 5.32 Å². The molecule has 0 saturated heterocycles. The Morgan fingerprint density at radius 3 is 2.00 bits per heavy atom. The maximum atomic E-state index is 10.1. The van der Waals surface area contributed by atoms with Crippen LogP contribution in [0.25, 0.3) is 0 Å². The van der Waals surface area contributed by atoms with Crippen molar-refractivity contribution < 1.29 is 7.86 Å². The Kier molecular flexibility index (Phi) is 9.01. The van der Waals surface area contributed by atoms with E-state index in [4.69, 9.17) is 6.42 Å². The van der Waals surface area contributed by atoms with E-state index in [0.717, 1.165) is 0 Å². The van der Waals surface area contributed by atoms with Crippen LogP contribution in [0.4, 0.5) is 4.79 Å². The van der Waals surface area contributed by atoms with Crippen molar-refractivity contribution in [3.63, 3.8) is 0 Å². The third-order valence-electron chi connectivity index (χ3n) is 1.07. The summed E-state index contributed by atoms with van der Waals surface area (Å²) in [5, 5.41) is 2.28. The maximum Gasteiger partial charge on any atom is 0.417 e. The maximum absolute atomic E-state index is 10.1. The molecule has 1 amide bonds. The number of hydrogen-bond acceptors (Lipinski definition) is 2. The predicted octanol–water partition coefficient (Wildman–Crippen LogP) is 2.38. The Bertz CT molecular complexity index is 255. The standard InChI is InChI=1S/C6H6.C4H4INO2/c1-2-4-6-5-3-1;1-2-3-6-4(7)8-5/h1-6H;1H,3H2,(H,6,7). The van der Waals surface area contributed by atoms with E-state index in [2.05, 4.69) is 14.3 Å². The molecule has 0 unspecified atom stereocenters. The van der Waals surface area contributed by atoms with Crippen molar-refractivity contribution >= 4 is 29.1 Å². The Hall–Kier alpha value is -1.22. The zero-order valence-corrected chi connectivity index (χ0v) is 9.60. The fourth-order valence-electron chi connectivity index (χ4n) is 0.535. The highest BCUT2D eigenvalue weighted by Gasteiger charge is 1.92. The van der Waals surface area contributed by atoms with Gasteiger partial charge in [0, 0.05) is 0 Å². The zero-order chi connectivity index (χ0) is 10.6. The van der Waals surface area contributed by atoms with Crippen LogP contribution in [0.15, 0.2) is 36.4 Å². The molecule has 0 aliphatic rings. The molecule has 0 spiro atoms. The van der Waals surface area contributed by atoms with Crippen LogP contribution >= 0.6 is 23.0 Å². The summed E-state index contributed by atoms with van der Waals surface area (Å²) in [7, 11) is 0. The van der Waals surface area contributed by atoms with Gasteiger partial charge in [0.1, 0.15) is 0 Å². The number of nitrogens with one attached hydrogen (secondary N) is 1. The Morgan fingerprint density at radius 1 is 1.29 bits per heavy atom. The quantitative estimate of drug-likeness (QED) is 0.639. The molecule has 14 heavy (non-hydrogen) atoms. The summed E-state index contributed by atoms with van der Waals surface area (Å²) >= 11 is 1.47. The highest BCUT2D eigenvalue weighted by atomic mass is 127. The Morgan fingerprint density at radius 2 is 1.71 bits per heavy atom. The molecule has 0 aliphatic heterocycles. The number of hydrogen-bond donors (Lipinski definition) is 1. The molecule has 1 aromatic carbocycles. The molecule has 0 fully saturated rings. The molecule has 1 rings (SSSR count). The van der Waals surface area contributed by atoms with Crippen molar-refractivity contribution in [2.24, 2.45) is 0 Å². The van der Waals surface area contributed by atoms with Gasteiger partial charge in [0.15, 0.2) is 23.0 Å². The van der Waals surface area contributed by atoms with Gasteiger partial charge in [0.05, 0.1) is 6.54 Å². The van der Waals surface area contributed by atoms with E-state index in [-0.39, 0.29) is 6.54 Å². The lowest BCUT2D eigenvalue weighted by Gasteiger charge is -1.92. The van der Waals surface area contributed by atoms with Crippen LogP contribution in [0.3, 0.4) is 0 Å². The molecule has 0 saturated carbocycles. The second kappa shape index (κ2) is 9.86. The van der Waals surface area contributed by atoms with Crippen LogP contribution in [0.1, 0.15) is 0 Å². The average Bonchev–Trinajstić information content (AvgIpc) is 2.29. The molecule has 0 heterocycles. The van der Waals surface area contributed by atoms with E-state index in [1.54, 1.807) is 0 Å². The lowest BCUT2D eigenvalue weighted by molar-refractivity contribution is 0.216. The van der Waals surface area contributed by atoms with Gasteiger partial charge >= 0.3 is 6.09 Å². The fraction of sp³-hybridized carbons (Fsp3) is 0.100. The van der Waals surface area contributed by atoms with Crippen molar-refractivity contribution in [2.75, 3.05) is 6.54 Å². The molecule has 1 aromatic rings. The molecule has 3 nitrogen and oxygen atoms in total. The fourth-order valence-corrected chi connectivity index (χ4v) is 0.691. The highest BCUT2D eigenvalue weighted by Crippen LogP contribution is 1.83. The van der Waals surface area contributed by atoms with Crippen molar-refractivity contribution in [1.82, 2.24) is 5.32 Å². The van der Waals surface area contributed by atoms with Gasteiger partial charge in [0.25, 0.3) is 0 Å². The predicted molar refractivity (Wildman–Crippen MR) is 63.8 cm³/mol. The Balaban J connectivity index is 0.000000249. The van der Waals surface area contributed by atoms with Crippen molar-refractivity contribution in [3.05, 3.63) is 36.4 Å². The van der Waals surface area contributed by atoms with Gasteiger partial charge < -0.3 is 8.38 Å². The monoisotopic (exact) mass is 303 g/mol. The number of carbonyl (C=O) groups is 1. The van der Waals surface area contributed by atoms with E-state index >= 15 is 0 Å². The van der Waals surface area contributed by atoms with Gasteiger partial charge in [-0.25, -0.2) is 4.79 Å². The van der Waals surface area contributed by atoms with Crippen LogP contribution in [0.2, 0.25) is 0 Å². The third-order valence-corrected chi connectivity index (χ3v) is 1.47. The molecular formula is C10H10INO2. The number of benzene rings is 1. The van der Waals surface area contributed by atoms with Gasteiger partial charge in [-0.05, 0) is 0 Å². The first-order valence-corrected chi connectivity index (χ1v) is 4.69. The summed E-state index contributed by atoms with van der Waals surface area (Å²) in [6.07, 6.45) is 4.30. The number of amides is 1. The topological polar surface area (TPSA) is 38.3 Å². The highest BCUT2D eigenvalue weighted by molar-refractivity contribution is 14.1. The summed E-state index contributed by atoms with van der Waals surface area (Å²) in [4.78, 5) is 10.1. The number of rotatable bonds is 1. The number of halogens is 1. The number of terminal acetylenes is 1. The second-order valence-corrected chi connectivity index (χ2v) is 2.52. The first-order valence-electron chi connectivity index (χ1n) is 3.81. The minimum Gasteiger partial charge on any atom is -0.378 e. The smallest absolute Gasteiger partial charge is 0.378 e. The third kappa shape index (κ3) is 8.87. The molecule has 0 bridgehead atoms. The lowest BCUT2D eigenvalue weighted by Crippen LogP contribution is -2.21. The van der Waals surface area contributed by atoms with E-state index in [0.29, 0.717) is 0 Å². The largest absolute Gasteiger partial charge is 0.417 e. The van der Waals surface area contributed by atoms with E-state index < -0.39 is 6.09 Å². The van der Waals surface area contributed by atoms with E-state index in [1.165, 1.54) is 23.0 Å². The van der Waals surface area contributed by atoms with Crippen LogP contribution in [0.5, 0.6) is 0 Å². The molecule has 0 atom stereocenters. The van der Waals surface area contributed by atoms with Crippen molar-refractivity contribution in [3.8, 4) is 12.3 Å². The molecule has 0 aliphatic carbocycles. The summed E-state index contributed by atoms with van der Waals surface area (Å²) in [6, 6.07) is 12.0. The van der Waals surface area contributed by atoms with Gasteiger partial charge in [-0.2, -0.15) is 0 Å². The van der Waals surface area contributed by atoms with Gasteiger partial charge in [-0.15, -0.1) is 6.42 Å². The molecule has 0 radical (unpaired) electrons. The molecule has 1 N–H and O–H groups in total. The zero-order valence-electron chi connectivity index (χ0n) is 7.44. The first-order chi connectivity index (χ1) is 6.81. The van der Waals surface area contributed by atoms with Crippen LogP contribution in [0, 0.1) is 12.3 Å². The summed E-state index contributed by atoms with van der Waals surface area (Å²) < 4.78 is 4.18. The molecule has 74 valence electrons. The molecular weight excluding hydrogens is 293 g/mol. The second-order valence-electron chi connectivity index (χ2n) is 2.08. The van der Waals surface area contributed by atoms with Crippen LogP contribution in [-0.2, 0) is 3.07 Å². The lowest BCUT2D eigenvalue weighted by atomic mass is 10.4. The minimum absolute atomic E-state index is 0.210. The minimum atomic E-state index is -0.511. The number of carbonyl (C=O) groups excluding carboxylic acids is 1. The van der Waals surface area contributed by atoms with Gasteiger partial charge in [-0.3, -0.25) is 0 Å². The average molecular weight is 303 g/mol. The summed E-state index contributed by atoms with van der Waals surface area (Å²) in [5.41, 5.74) is 0. The normalized spacial score (nSPS) is 7.43. The summed E-state index contributed by atoms with van der Waals surface area (Å²) in [5.74, 6) is 2.22. The van der Waals surface area contributed by atoms with Gasteiger partial charge in [0.2, 0.25) is 0 Å². The van der Waals surface area contributed by atoms with E-state index in [1.807, 2.05) is 36.4 Å². The van der Waals surface area contributed by atoms with Gasteiger partial charge in [-0.1, -0.05) is 42.3 Å². The Labute approximate surface area is 97.5 Å². The first kappa shape index (κ1) is 12.8.